The summed E-state index contributed by atoms with van der Waals surface area (Å²) < 4.78 is 45.0. The van der Waals surface area contributed by atoms with Gasteiger partial charge in [0.2, 0.25) is 5.43 Å². The molecule has 0 aliphatic carbocycles. The zero-order chi connectivity index (χ0) is 17.3. The molecule has 1 unspecified atom stereocenters. The van der Waals surface area contributed by atoms with Gasteiger partial charge in [0.15, 0.2) is 23.7 Å². The van der Waals surface area contributed by atoms with Crippen molar-refractivity contribution in [1.82, 2.24) is 9.88 Å². The van der Waals surface area contributed by atoms with E-state index < -0.39 is 58.3 Å². The maximum absolute atomic E-state index is 13.6. The fourth-order valence-electron chi connectivity index (χ4n) is 1.85. The van der Waals surface area contributed by atoms with Crippen LogP contribution in [-0.2, 0) is 4.74 Å². The number of benzene rings is 1. The molecule has 2 rings (SSSR count). The van der Waals surface area contributed by atoms with Crippen LogP contribution in [0.15, 0.2) is 17.1 Å². The zero-order valence-corrected chi connectivity index (χ0v) is 12.2. The molecule has 2 N–H and O–H groups in total. The summed E-state index contributed by atoms with van der Waals surface area (Å²) in [6, 6.07) is 0.507. The highest BCUT2D eigenvalue weighted by molar-refractivity contribution is 5.93. The van der Waals surface area contributed by atoms with Gasteiger partial charge in [-0.15, -0.1) is 0 Å². The fourth-order valence-corrected chi connectivity index (χ4v) is 1.85. The summed E-state index contributed by atoms with van der Waals surface area (Å²) in [5, 5.41) is 8.40. The van der Waals surface area contributed by atoms with E-state index in [4.69, 9.17) is 9.84 Å². The lowest BCUT2D eigenvalue weighted by molar-refractivity contribution is -0.0417. The minimum Gasteiger partial charge on any atom is -0.443 e. The molecule has 1 aromatic carbocycles. The van der Waals surface area contributed by atoms with Gasteiger partial charge in [0, 0.05) is 6.20 Å². The van der Waals surface area contributed by atoms with Gasteiger partial charge in [0.05, 0.1) is 17.6 Å². The third-order valence-corrected chi connectivity index (χ3v) is 3.35. The number of rotatable bonds is 4. The lowest BCUT2D eigenvalue weighted by Gasteiger charge is -2.21. The van der Waals surface area contributed by atoms with Crippen molar-refractivity contribution in [2.45, 2.75) is 13.2 Å². The van der Waals surface area contributed by atoms with Crippen molar-refractivity contribution >= 4 is 16.9 Å². The number of fused-ring (bicyclic) bond motifs is 1. The van der Waals surface area contributed by atoms with Crippen LogP contribution in [0.25, 0.3) is 10.9 Å². The smallest absolute Gasteiger partial charge is 0.345 e. The van der Waals surface area contributed by atoms with Gasteiger partial charge in [-0.05, 0) is 20.0 Å². The number of carbonyl (C=O) groups is 1. The van der Waals surface area contributed by atoms with Crippen molar-refractivity contribution < 1.29 is 27.8 Å². The van der Waals surface area contributed by atoms with E-state index >= 15 is 0 Å². The highest BCUT2D eigenvalue weighted by Gasteiger charge is 2.22. The molecule has 0 radical (unpaired) electrons. The molecule has 1 aromatic heterocycles. The molecule has 0 saturated heterocycles. The first-order chi connectivity index (χ1) is 10.8. The van der Waals surface area contributed by atoms with E-state index in [1.54, 1.807) is 0 Å². The topological polar surface area (TPSA) is 82.6 Å². The van der Waals surface area contributed by atoms with E-state index in [0.29, 0.717) is 6.07 Å². The summed E-state index contributed by atoms with van der Waals surface area (Å²) in [6.45, 7) is 1.07. The first-order valence-corrected chi connectivity index (χ1v) is 6.48. The van der Waals surface area contributed by atoms with Crippen molar-refractivity contribution in [2.24, 2.45) is 0 Å². The minimum absolute atomic E-state index is 0.391. The van der Waals surface area contributed by atoms with Crippen molar-refractivity contribution in [3.63, 3.8) is 0 Å². The van der Waals surface area contributed by atoms with E-state index in [0.717, 1.165) is 6.20 Å². The number of carbonyl (C=O) groups excluding carboxylic acids is 1. The third-order valence-electron chi connectivity index (χ3n) is 3.35. The predicted molar refractivity (Wildman–Crippen MR) is 74.2 cm³/mol. The van der Waals surface area contributed by atoms with Gasteiger partial charge < -0.3 is 14.8 Å². The van der Waals surface area contributed by atoms with Crippen molar-refractivity contribution in [3.05, 3.63) is 45.5 Å². The highest BCUT2D eigenvalue weighted by atomic mass is 19.2. The number of halogens is 3. The molecule has 0 amide bonds. The second-order valence-electron chi connectivity index (χ2n) is 4.84. The first-order valence-electron chi connectivity index (χ1n) is 6.48. The SMILES string of the molecule is CC(OC(=O)c1c[nH]c2c(F)c(F)c(F)cc2c1=O)N(C)CO. The van der Waals surface area contributed by atoms with Gasteiger partial charge in [-0.1, -0.05) is 0 Å². The lowest BCUT2D eigenvalue weighted by atomic mass is 10.1. The number of H-pyrrole nitrogens is 1. The lowest BCUT2D eigenvalue weighted by Crippen LogP contribution is -2.35. The van der Waals surface area contributed by atoms with E-state index in [1.165, 1.54) is 18.9 Å². The van der Waals surface area contributed by atoms with Gasteiger partial charge in [-0.2, -0.15) is 0 Å². The van der Waals surface area contributed by atoms with E-state index in [1.807, 2.05) is 0 Å². The Morgan fingerprint density at radius 1 is 1.39 bits per heavy atom. The van der Waals surface area contributed by atoms with Crippen molar-refractivity contribution in [1.29, 1.82) is 0 Å². The van der Waals surface area contributed by atoms with Crippen LogP contribution in [0, 0.1) is 17.5 Å². The molecule has 1 atom stereocenters. The summed E-state index contributed by atoms with van der Waals surface area (Å²) in [5.74, 6) is -5.86. The second-order valence-corrected chi connectivity index (χ2v) is 4.84. The number of aliphatic hydroxyl groups is 1. The number of hydrogen-bond acceptors (Lipinski definition) is 5. The Kier molecular flexibility index (Phi) is 4.71. The molecule has 0 fully saturated rings. The van der Waals surface area contributed by atoms with Crippen LogP contribution in [0.5, 0.6) is 0 Å². The molecule has 23 heavy (non-hydrogen) atoms. The molecule has 2 aromatic rings. The maximum Gasteiger partial charge on any atom is 0.345 e. The first kappa shape index (κ1) is 17.0. The van der Waals surface area contributed by atoms with Crippen LogP contribution in [0.1, 0.15) is 17.3 Å². The van der Waals surface area contributed by atoms with E-state index in [9.17, 15) is 22.8 Å². The molecule has 0 spiro atoms. The number of nitrogens with zero attached hydrogens (tertiary/aromatic N) is 1. The van der Waals surface area contributed by atoms with Gasteiger partial charge in [0.1, 0.15) is 5.56 Å². The standard InChI is InChI=1S/C14H13F3N2O4/c1-6(19(2)5-20)23-14(22)8-4-18-12-7(13(8)21)3-9(15)10(16)11(12)17/h3-4,6,20H,5H2,1-2H3,(H,18,21). The molecule has 124 valence electrons. The number of aromatic amines is 1. The second kappa shape index (κ2) is 6.39. The van der Waals surface area contributed by atoms with Crippen molar-refractivity contribution in [2.75, 3.05) is 13.8 Å². The summed E-state index contributed by atoms with van der Waals surface area (Å²) in [4.78, 5) is 27.6. The Balaban J connectivity index is 2.48. The number of hydrogen-bond donors (Lipinski definition) is 2. The number of nitrogens with one attached hydrogen (secondary N) is 1. The molecule has 6 nitrogen and oxygen atoms in total. The number of aliphatic hydroxyl groups excluding tert-OH is 1. The van der Waals surface area contributed by atoms with Crippen LogP contribution in [0.3, 0.4) is 0 Å². The molecule has 0 aliphatic heterocycles. The van der Waals surface area contributed by atoms with Crippen LogP contribution in [0.4, 0.5) is 13.2 Å². The largest absolute Gasteiger partial charge is 0.443 e. The molecular formula is C14H13F3N2O4. The van der Waals surface area contributed by atoms with Crippen molar-refractivity contribution in [3.8, 4) is 0 Å². The van der Waals surface area contributed by atoms with Crippen LogP contribution < -0.4 is 5.43 Å². The molecule has 0 saturated carbocycles. The number of pyridine rings is 1. The zero-order valence-electron chi connectivity index (χ0n) is 12.2. The van der Waals surface area contributed by atoms with Gasteiger partial charge in [-0.3, -0.25) is 4.79 Å². The Morgan fingerprint density at radius 2 is 2.04 bits per heavy atom. The van der Waals surface area contributed by atoms with Crippen LogP contribution in [-0.4, -0.2) is 41.0 Å². The summed E-state index contributed by atoms with van der Waals surface area (Å²) in [7, 11) is 1.47. The van der Waals surface area contributed by atoms with E-state index in [2.05, 4.69) is 4.98 Å². The summed E-state index contributed by atoms with van der Waals surface area (Å²) in [5.41, 5.74) is -2.05. The van der Waals surface area contributed by atoms with Gasteiger partial charge >= 0.3 is 5.97 Å². The van der Waals surface area contributed by atoms with Crippen LogP contribution in [0.2, 0.25) is 0 Å². The number of esters is 1. The Morgan fingerprint density at radius 3 is 2.65 bits per heavy atom. The normalized spacial score (nSPS) is 12.7. The monoisotopic (exact) mass is 330 g/mol. The fraction of sp³-hybridized carbons (Fsp3) is 0.286. The minimum atomic E-state index is -1.72. The maximum atomic E-state index is 13.6. The van der Waals surface area contributed by atoms with E-state index in [-0.39, 0.29) is 0 Å². The summed E-state index contributed by atoms with van der Waals surface area (Å²) in [6.07, 6.45) is 0.0170. The molecule has 9 heteroatoms. The predicted octanol–water partition coefficient (Wildman–Crippen LogP) is 1.33. The third kappa shape index (κ3) is 3.06. The molecule has 0 bridgehead atoms. The molecule has 1 heterocycles. The Bertz CT molecular complexity index is 822. The number of aromatic nitrogens is 1. The molecular weight excluding hydrogens is 317 g/mol. The molecule has 0 aliphatic rings. The van der Waals surface area contributed by atoms with Gasteiger partial charge in [-0.25, -0.2) is 22.9 Å². The average Bonchev–Trinajstić information content (AvgIpc) is 2.52. The average molecular weight is 330 g/mol. The van der Waals surface area contributed by atoms with Gasteiger partial charge in [0.25, 0.3) is 0 Å². The van der Waals surface area contributed by atoms with Crippen LogP contribution >= 0.6 is 0 Å². The summed E-state index contributed by atoms with van der Waals surface area (Å²) >= 11 is 0. The number of ether oxygens (including phenoxy) is 1. The quantitative estimate of drug-likeness (QED) is 0.502. The highest BCUT2D eigenvalue weighted by Crippen LogP contribution is 2.19. The Hall–Kier alpha value is -2.39. The Labute approximate surface area is 128 Å².